The van der Waals surface area contributed by atoms with Crippen LogP contribution in [0.25, 0.3) is 0 Å². The van der Waals surface area contributed by atoms with Gasteiger partial charge in [0.15, 0.2) is 0 Å². The highest BCUT2D eigenvalue weighted by Crippen LogP contribution is 2.60. The average molecular weight is 445 g/mol. The van der Waals surface area contributed by atoms with Gasteiger partial charge in [-0.2, -0.15) is 0 Å². The van der Waals surface area contributed by atoms with Gasteiger partial charge in [-0.15, -0.1) is 0 Å². The number of carbonyl (C=O) groups is 6. The lowest BCUT2D eigenvalue weighted by Gasteiger charge is -2.41. The van der Waals surface area contributed by atoms with Gasteiger partial charge in [0.2, 0.25) is 23.6 Å². The number of hydrogen-bond donors (Lipinski definition) is 2. The number of carbonyl (C=O) groups excluding carboxylic acids is 6. The molecule has 1 saturated carbocycles. The maximum atomic E-state index is 13.0. The first-order valence-corrected chi connectivity index (χ1v) is 11.2. The first-order chi connectivity index (χ1) is 15.2. The summed E-state index contributed by atoms with van der Waals surface area (Å²) in [4.78, 5) is 77.6. The molecule has 5 rings (SSSR count). The number of hydrogen-bond acceptors (Lipinski definition) is 6. The van der Waals surface area contributed by atoms with Gasteiger partial charge in [0.1, 0.15) is 12.6 Å². The van der Waals surface area contributed by atoms with Crippen molar-refractivity contribution in [2.24, 2.45) is 10.8 Å². The van der Waals surface area contributed by atoms with Gasteiger partial charge in [-0.3, -0.25) is 34.2 Å². The van der Waals surface area contributed by atoms with Crippen molar-refractivity contribution in [3.63, 3.8) is 0 Å². The van der Waals surface area contributed by atoms with Crippen LogP contribution in [0.3, 0.4) is 0 Å². The highest BCUT2D eigenvalue weighted by atomic mass is 16.2. The Kier molecular flexibility index (Phi) is 4.75. The van der Waals surface area contributed by atoms with E-state index in [4.69, 9.17) is 0 Å². The molecule has 0 aromatic carbocycles. The minimum absolute atomic E-state index is 0.0778. The van der Waals surface area contributed by atoms with Crippen molar-refractivity contribution in [1.29, 1.82) is 0 Å². The van der Waals surface area contributed by atoms with Crippen molar-refractivity contribution in [3.05, 3.63) is 0 Å². The fourth-order valence-corrected chi connectivity index (χ4v) is 6.41. The molecule has 4 saturated heterocycles. The van der Waals surface area contributed by atoms with Crippen LogP contribution in [0.15, 0.2) is 0 Å². The standard InChI is InChI=1S/C21H27N5O6/c27-14-3-4-15(28)26(14)8-17(30)25-11-20-5-1-2-6-21(20,12-25)10-24(9-20)16(29)7-13-18(31)23-19(32)22-13/h13H,1-12H2,(H2,22,23,31,32). The molecule has 1 aliphatic carbocycles. The quantitative estimate of drug-likeness (QED) is 0.419. The molecule has 7 amide bonds. The number of nitrogens with zero attached hydrogens (tertiary/aromatic N) is 3. The van der Waals surface area contributed by atoms with Crippen molar-refractivity contribution in [2.75, 3.05) is 32.7 Å². The Labute approximate surface area is 184 Å². The minimum Gasteiger partial charge on any atom is -0.341 e. The Morgan fingerprint density at radius 1 is 0.844 bits per heavy atom. The molecule has 11 nitrogen and oxygen atoms in total. The fourth-order valence-electron chi connectivity index (χ4n) is 6.41. The molecule has 172 valence electrons. The third kappa shape index (κ3) is 3.17. The second-order valence-electron chi connectivity index (χ2n) is 9.86. The molecule has 0 aromatic heterocycles. The monoisotopic (exact) mass is 445 g/mol. The van der Waals surface area contributed by atoms with E-state index in [2.05, 4.69) is 10.6 Å². The lowest BCUT2D eigenvalue weighted by molar-refractivity contribution is -0.145. The Balaban J connectivity index is 1.28. The van der Waals surface area contributed by atoms with Gasteiger partial charge >= 0.3 is 6.03 Å². The van der Waals surface area contributed by atoms with Gasteiger partial charge in [0.25, 0.3) is 5.91 Å². The largest absolute Gasteiger partial charge is 0.341 e. The van der Waals surface area contributed by atoms with E-state index in [0.717, 1.165) is 30.6 Å². The molecule has 4 heterocycles. The van der Waals surface area contributed by atoms with Crippen LogP contribution in [-0.2, 0) is 24.0 Å². The van der Waals surface area contributed by atoms with E-state index in [1.807, 2.05) is 0 Å². The molecule has 5 aliphatic rings. The second kappa shape index (κ2) is 7.28. The third-order valence-corrected chi connectivity index (χ3v) is 8.05. The molecular formula is C21H27N5O6. The summed E-state index contributed by atoms with van der Waals surface area (Å²) < 4.78 is 0. The van der Waals surface area contributed by atoms with E-state index in [1.54, 1.807) is 9.80 Å². The Hall–Kier alpha value is -2.98. The maximum absolute atomic E-state index is 13.0. The number of imide groups is 2. The molecule has 3 atom stereocenters. The van der Waals surface area contributed by atoms with E-state index in [1.165, 1.54) is 0 Å². The maximum Gasteiger partial charge on any atom is 0.322 e. The normalized spacial score (nSPS) is 34.0. The van der Waals surface area contributed by atoms with Crippen LogP contribution in [0.4, 0.5) is 4.79 Å². The summed E-state index contributed by atoms with van der Waals surface area (Å²) in [5.41, 5.74) is -0.423. The van der Waals surface area contributed by atoms with Gasteiger partial charge in [0.05, 0.1) is 6.42 Å². The van der Waals surface area contributed by atoms with Crippen molar-refractivity contribution < 1.29 is 28.8 Å². The van der Waals surface area contributed by atoms with E-state index < -0.39 is 18.0 Å². The van der Waals surface area contributed by atoms with E-state index in [9.17, 15) is 28.8 Å². The number of rotatable bonds is 4. The van der Waals surface area contributed by atoms with Crippen molar-refractivity contribution in [2.45, 2.75) is 51.0 Å². The topological polar surface area (TPSA) is 136 Å². The fraction of sp³-hybridized carbons (Fsp3) is 0.714. The summed E-state index contributed by atoms with van der Waals surface area (Å²) >= 11 is 0. The number of nitrogens with one attached hydrogen (secondary N) is 2. The summed E-state index contributed by atoms with van der Waals surface area (Å²) in [6, 6.07) is -1.43. The summed E-state index contributed by atoms with van der Waals surface area (Å²) in [7, 11) is 0. The van der Waals surface area contributed by atoms with Crippen LogP contribution < -0.4 is 10.6 Å². The van der Waals surface area contributed by atoms with Crippen LogP contribution in [0, 0.1) is 10.8 Å². The van der Waals surface area contributed by atoms with E-state index in [-0.39, 0.29) is 60.3 Å². The Morgan fingerprint density at radius 2 is 1.38 bits per heavy atom. The van der Waals surface area contributed by atoms with Crippen molar-refractivity contribution in [1.82, 2.24) is 25.3 Å². The molecule has 0 spiro atoms. The van der Waals surface area contributed by atoms with Gasteiger partial charge < -0.3 is 15.1 Å². The lowest BCUT2D eigenvalue weighted by Crippen LogP contribution is -2.44. The molecule has 2 N–H and O–H groups in total. The number of urea groups is 1. The van der Waals surface area contributed by atoms with Gasteiger partial charge in [-0.05, 0) is 12.8 Å². The minimum atomic E-state index is -0.846. The zero-order valence-electron chi connectivity index (χ0n) is 17.9. The van der Waals surface area contributed by atoms with Crippen molar-refractivity contribution >= 4 is 35.6 Å². The summed E-state index contributed by atoms with van der Waals surface area (Å²) in [6.07, 6.45) is 4.11. The molecule has 5 fully saturated rings. The smallest absolute Gasteiger partial charge is 0.322 e. The average Bonchev–Trinajstić information content (AvgIpc) is 3.43. The molecule has 0 radical (unpaired) electrons. The SMILES string of the molecule is O=C1NC(=O)C(CC(=O)N2CC34CCCCC3(C2)CN(C(=O)CN2C(=O)CCC2=O)C4)N1. The first-order valence-electron chi connectivity index (χ1n) is 11.2. The molecule has 32 heavy (non-hydrogen) atoms. The van der Waals surface area contributed by atoms with Crippen LogP contribution in [0.5, 0.6) is 0 Å². The van der Waals surface area contributed by atoms with E-state index in [0.29, 0.717) is 26.2 Å². The zero-order valence-corrected chi connectivity index (χ0v) is 17.9. The second-order valence-corrected chi connectivity index (χ2v) is 9.86. The molecular weight excluding hydrogens is 418 g/mol. The molecule has 0 bridgehead atoms. The van der Waals surface area contributed by atoms with Crippen LogP contribution in [0.2, 0.25) is 0 Å². The zero-order chi connectivity index (χ0) is 22.7. The van der Waals surface area contributed by atoms with Crippen LogP contribution >= 0.6 is 0 Å². The first kappa shape index (κ1) is 20.9. The Bertz CT molecular complexity index is 896. The molecule has 4 aliphatic heterocycles. The number of amides is 7. The number of likely N-dealkylation sites (tertiary alicyclic amines) is 3. The predicted octanol–water partition coefficient (Wildman–Crippen LogP) is -1.04. The highest BCUT2D eigenvalue weighted by Gasteiger charge is 2.64. The van der Waals surface area contributed by atoms with Crippen LogP contribution in [-0.4, -0.2) is 89.0 Å². The molecule has 0 aromatic rings. The molecule has 3 unspecified atom stereocenters. The lowest BCUT2D eigenvalue weighted by atomic mass is 9.60. The summed E-state index contributed by atoms with van der Waals surface area (Å²) in [5.74, 6) is -1.47. The third-order valence-electron chi connectivity index (χ3n) is 8.05. The van der Waals surface area contributed by atoms with Gasteiger partial charge in [-0.1, -0.05) is 12.8 Å². The molecule has 11 heteroatoms. The van der Waals surface area contributed by atoms with Gasteiger partial charge in [0, 0.05) is 49.9 Å². The van der Waals surface area contributed by atoms with Gasteiger partial charge in [-0.25, -0.2) is 4.79 Å². The Morgan fingerprint density at radius 3 is 1.88 bits per heavy atom. The summed E-state index contributed by atoms with van der Waals surface area (Å²) in [5, 5.41) is 4.62. The van der Waals surface area contributed by atoms with Crippen molar-refractivity contribution in [3.8, 4) is 0 Å². The summed E-state index contributed by atoms with van der Waals surface area (Å²) in [6.45, 7) is 1.83. The highest BCUT2D eigenvalue weighted by molar-refractivity contribution is 6.06. The van der Waals surface area contributed by atoms with E-state index >= 15 is 0 Å². The van der Waals surface area contributed by atoms with Crippen LogP contribution in [0.1, 0.15) is 44.9 Å². The predicted molar refractivity (Wildman–Crippen MR) is 108 cm³/mol.